The predicted molar refractivity (Wildman–Crippen MR) is 69.1 cm³/mol. The van der Waals surface area contributed by atoms with Crippen LogP contribution in [0.2, 0.25) is 0 Å². The molecule has 2 aromatic heterocycles. The highest BCUT2D eigenvalue weighted by Gasteiger charge is 2.26. The number of nitrogen functional groups attached to an aromatic ring is 1. The third-order valence-corrected chi connectivity index (χ3v) is 3.52. The second-order valence-corrected chi connectivity index (χ2v) is 4.68. The summed E-state index contributed by atoms with van der Waals surface area (Å²) in [6, 6.07) is 0.0606. The Morgan fingerprint density at radius 2 is 2.21 bits per heavy atom. The zero-order valence-corrected chi connectivity index (χ0v) is 10.2. The molecule has 3 rings (SSSR count). The Kier molecular flexibility index (Phi) is 2.92. The maximum atomic E-state index is 9.66. The summed E-state index contributed by atoms with van der Waals surface area (Å²) < 4.78 is 1.91. The van der Waals surface area contributed by atoms with Gasteiger partial charge >= 0.3 is 0 Å². The van der Waals surface area contributed by atoms with Gasteiger partial charge in [-0.15, -0.1) is 0 Å². The first kappa shape index (κ1) is 12.1. The molecule has 0 fully saturated rings. The van der Waals surface area contributed by atoms with Crippen LogP contribution in [0.1, 0.15) is 12.5 Å². The molecule has 0 radical (unpaired) electrons. The van der Waals surface area contributed by atoms with Gasteiger partial charge in [0.2, 0.25) is 0 Å². The standard InChI is InChI=1S/C12H15N5O2/c13-11-10-12(15-5-14-11)17(6-16-10)8-2-1-7(3-8)9(19)4-18/h1-2,5-9,18-19H,3-4H2,(H2,13,14,15)/t7-,8+,9?/m0/s1. The molecule has 3 atom stereocenters. The maximum Gasteiger partial charge on any atom is 0.165 e. The number of hydrogen-bond donors (Lipinski definition) is 3. The van der Waals surface area contributed by atoms with Crippen LogP contribution in [0.3, 0.4) is 0 Å². The van der Waals surface area contributed by atoms with Crippen molar-refractivity contribution in [1.29, 1.82) is 0 Å². The number of aromatic nitrogens is 4. The zero-order valence-electron chi connectivity index (χ0n) is 10.2. The molecule has 7 heteroatoms. The summed E-state index contributed by atoms with van der Waals surface area (Å²) in [5, 5.41) is 18.6. The smallest absolute Gasteiger partial charge is 0.165 e. The largest absolute Gasteiger partial charge is 0.394 e. The van der Waals surface area contributed by atoms with Gasteiger partial charge in [-0.1, -0.05) is 12.2 Å². The molecular weight excluding hydrogens is 246 g/mol. The summed E-state index contributed by atoms with van der Waals surface area (Å²) in [6.45, 7) is -0.235. The Balaban J connectivity index is 1.91. The molecule has 19 heavy (non-hydrogen) atoms. The van der Waals surface area contributed by atoms with E-state index in [9.17, 15) is 5.11 Å². The van der Waals surface area contributed by atoms with Gasteiger partial charge in [0.15, 0.2) is 11.5 Å². The maximum absolute atomic E-state index is 9.66. The minimum absolute atomic E-state index is 0.0494. The quantitative estimate of drug-likeness (QED) is 0.664. The molecule has 0 aromatic carbocycles. The Bertz CT molecular complexity index is 624. The van der Waals surface area contributed by atoms with Crippen molar-refractivity contribution in [3.8, 4) is 0 Å². The van der Waals surface area contributed by atoms with Crippen LogP contribution in [0.15, 0.2) is 24.8 Å². The van der Waals surface area contributed by atoms with Gasteiger partial charge in [-0.3, -0.25) is 0 Å². The number of aliphatic hydroxyl groups excluding tert-OH is 2. The molecule has 1 unspecified atom stereocenters. The topological polar surface area (TPSA) is 110 Å². The van der Waals surface area contributed by atoms with E-state index in [0.717, 1.165) is 0 Å². The van der Waals surface area contributed by atoms with Crippen molar-refractivity contribution in [2.75, 3.05) is 12.3 Å². The van der Waals surface area contributed by atoms with Crippen molar-refractivity contribution in [1.82, 2.24) is 19.5 Å². The van der Waals surface area contributed by atoms with E-state index in [2.05, 4.69) is 15.0 Å². The second kappa shape index (κ2) is 4.60. The fourth-order valence-electron chi connectivity index (χ4n) is 2.45. The number of fused-ring (bicyclic) bond motifs is 1. The molecule has 100 valence electrons. The van der Waals surface area contributed by atoms with E-state index in [1.165, 1.54) is 6.33 Å². The lowest BCUT2D eigenvalue weighted by Crippen LogP contribution is -2.22. The van der Waals surface area contributed by atoms with E-state index in [4.69, 9.17) is 10.8 Å². The minimum Gasteiger partial charge on any atom is -0.394 e. The number of rotatable bonds is 3. The molecule has 7 nitrogen and oxygen atoms in total. The molecule has 0 bridgehead atoms. The summed E-state index contributed by atoms with van der Waals surface area (Å²) in [4.78, 5) is 12.3. The minimum atomic E-state index is -0.726. The van der Waals surface area contributed by atoms with E-state index in [-0.39, 0.29) is 18.6 Å². The molecule has 4 N–H and O–H groups in total. The number of imidazole rings is 1. The van der Waals surface area contributed by atoms with Crippen molar-refractivity contribution >= 4 is 17.0 Å². The number of hydrogen-bond acceptors (Lipinski definition) is 6. The third-order valence-electron chi connectivity index (χ3n) is 3.52. The van der Waals surface area contributed by atoms with E-state index >= 15 is 0 Å². The van der Waals surface area contributed by atoms with Crippen molar-refractivity contribution in [2.45, 2.75) is 18.6 Å². The number of allylic oxidation sites excluding steroid dienone is 1. The van der Waals surface area contributed by atoms with Crippen LogP contribution in [0.25, 0.3) is 11.2 Å². The van der Waals surface area contributed by atoms with Crippen LogP contribution in [0, 0.1) is 5.92 Å². The average molecular weight is 261 g/mol. The Morgan fingerprint density at radius 3 is 3.00 bits per heavy atom. The lowest BCUT2D eigenvalue weighted by Gasteiger charge is -2.17. The highest BCUT2D eigenvalue weighted by molar-refractivity contribution is 5.81. The lowest BCUT2D eigenvalue weighted by atomic mass is 10.0. The lowest BCUT2D eigenvalue weighted by molar-refractivity contribution is 0.0605. The van der Waals surface area contributed by atoms with Gasteiger partial charge in [-0.25, -0.2) is 15.0 Å². The predicted octanol–water partition coefficient (Wildman–Crippen LogP) is -0.121. The van der Waals surface area contributed by atoms with Gasteiger partial charge in [-0.05, 0) is 6.42 Å². The van der Waals surface area contributed by atoms with Crippen LogP contribution < -0.4 is 5.73 Å². The van der Waals surface area contributed by atoms with Crippen LogP contribution in [0.5, 0.6) is 0 Å². The molecule has 1 aliphatic carbocycles. The fourth-order valence-corrected chi connectivity index (χ4v) is 2.45. The molecule has 2 aromatic rings. The van der Waals surface area contributed by atoms with Gasteiger partial charge in [0.25, 0.3) is 0 Å². The molecule has 0 saturated heterocycles. The van der Waals surface area contributed by atoms with Gasteiger partial charge in [0, 0.05) is 5.92 Å². The van der Waals surface area contributed by atoms with Gasteiger partial charge in [0.05, 0.1) is 25.1 Å². The molecule has 1 aliphatic rings. The number of nitrogens with two attached hydrogens (primary N) is 1. The summed E-state index contributed by atoms with van der Waals surface area (Å²) in [6.07, 6.45) is 6.98. The Labute approximate surface area is 109 Å². The summed E-state index contributed by atoms with van der Waals surface area (Å²) in [5.74, 6) is 0.310. The fraction of sp³-hybridized carbons (Fsp3) is 0.417. The normalized spacial score (nSPS) is 24.1. The number of aliphatic hydroxyl groups is 2. The van der Waals surface area contributed by atoms with Crippen LogP contribution >= 0.6 is 0 Å². The molecular formula is C12H15N5O2. The highest BCUT2D eigenvalue weighted by Crippen LogP contribution is 2.32. The van der Waals surface area contributed by atoms with E-state index < -0.39 is 6.10 Å². The van der Waals surface area contributed by atoms with E-state index in [0.29, 0.717) is 23.4 Å². The van der Waals surface area contributed by atoms with Crippen LogP contribution in [-0.4, -0.2) is 42.4 Å². The van der Waals surface area contributed by atoms with Gasteiger partial charge in [-0.2, -0.15) is 0 Å². The van der Waals surface area contributed by atoms with Gasteiger partial charge < -0.3 is 20.5 Å². The van der Waals surface area contributed by atoms with Crippen molar-refractivity contribution in [3.05, 3.63) is 24.8 Å². The van der Waals surface area contributed by atoms with Gasteiger partial charge in [0.1, 0.15) is 11.8 Å². The van der Waals surface area contributed by atoms with Crippen molar-refractivity contribution < 1.29 is 10.2 Å². The Morgan fingerprint density at radius 1 is 1.37 bits per heavy atom. The first-order valence-corrected chi connectivity index (χ1v) is 6.11. The molecule has 0 saturated carbocycles. The van der Waals surface area contributed by atoms with Crippen molar-refractivity contribution in [3.63, 3.8) is 0 Å². The van der Waals surface area contributed by atoms with E-state index in [1.807, 2.05) is 16.7 Å². The summed E-state index contributed by atoms with van der Waals surface area (Å²) >= 11 is 0. The summed E-state index contributed by atoms with van der Waals surface area (Å²) in [7, 11) is 0. The molecule has 0 aliphatic heterocycles. The zero-order chi connectivity index (χ0) is 13.4. The monoisotopic (exact) mass is 261 g/mol. The molecule has 2 heterocycles. The first-order chi connectivity index (χ1) is 9.20. The molecule has 0 spiro atoms. The van der Waals surface area contributed by atoms with Crippen LogP contribution in [0.4, 0.5) is 5.82 Å². The SMILES string of the molecule is Nc1ncnc2c1ncn2[C@@H]1C=C[C@H](C(O)CO)C1. The number of nitrogens with zero attached hydrogens (tertiary/aromatic N) is 4. The summed E-state index contributed by atoms with van der Waals surface area (Å²) in [5.41, 5.74) is 7.01. The van der Waals surface area contributed by atoms with Crippen molar-refractivity contribution in [2.24, 2.45) is 5.92 Å². The third kappa shape index (κ3) is 1.96. The number of anilines is 1. The average Bonchev–Trinajstić information content (AvgIpc) is 3.04. The van der Waals surface area contributed by atoms with Crippen LogP contribution in [-0.2, 0) is 0 Å². The molecule has 0 amide bonds. The first-order valence-electron chi connectivity index (χ1n) is 6.11. The highest BCUT2D eigenvalue weighted by atomic mass is 16.3. The second-order valence-electron chi connectivity index (χ2n) is 4.68. The Hall–Kier alpha value is -1.99. The van der Waals surface area contributed by atoms with E-state index in [1.54, 1.807) is 6.33 Å².